The van der Waals surface area contributed by atoms with Crippen molar-refractivity contribution >= 4 is 17.7 Å². The lowest BCUT2D eigenvalue weighted by Gasteiger charge is -2.22. The summed E-state index contributed by atoms with van der Waals surface area (Å²) in [6.45, 7) is 0.861. The zero-order chi connectivity index (χ0) is 24.2. The maximum atomic E-state index is 13.5. The van der Waals surface area contributed by atoms with E-state index in [1.165, 1.54) is 11.0 Å². The number of furan rings is 1. The number of imide groups is 1. The molecule has 0 bridgehead atoms. The Morgan fingerprint density at radius 2 is 1.66 bits per heavy atom. The van der Waals surface area contributed by atoms with E-state index in [1.807, 2.05) is 42.5 Å². The Labute approximate surface area is 202 Å². The summed E-state index contributed by atoms with van der Waals surface area (Å²) in [6, 6.07) is 21.7. The normalized spacial score (nSPS) is 12.6. The Kier molecular flexibility index (Phi) is 6.22. The van der Waals surface area contributed by atoms with Gasteiger partial charge in [0.2, 0.25) is 0 Å². The van der Waals surface area contributed by atoms with Crippen LogP contribution in [0.1, 0.15) is 48.0 Å². The number of nitrogens with zero attached hydrogens (tertiary/aromatic N) is 3. The van der Waals surface area contributed by atoms with Gasteiger partial charge in [0.25, 0.3) is 17.7 Å². The van der Waals surface area contributed by atoms with Crippen LogP contribution >= 0.6 is 0 Å². The van der Waals surface area contributed by atoms with Crippen molar-refractivity contribution in [3.8, 4) is 0 Å². The molecule has 4 aromatic rings. The monoisotopic (exact) mass is 465 g/mol. The topological polar surface area (TPSA) is 83.7 Å². The first-order chi connectivity index (χ1) is 17.1. The molecule has 0 radical (unpaired) electrons. The maximum Gasteiger partial charge on any atom is 0.261 e. The Bertz CT molecular complexity index is 1350. The Morgan fingerprint density at radius 3 is 2.40 bits per heavy atom. The van der Waals surface area contributed by atoms with Crippen LogP contribution in [-0.2, 0) is 19.5 Å². The number of fused-ring (bicyclic) bond motifs is 1. The van der Waals surface area contributed by atoms with E-state index in [4.69, 9.17) is 4.42 Å². The highest BCUT2D eigenvalue weighted by Crippen LogP contribution is 2.25. The summed E-state index contributed by atoms with van der Waals surface area (Å²) < 4.78 is 5.46. The van der Waals surface area contributed by atoms with Gasteiger partial charge in [-0.3, -0.25) is 24.3 Å². The molecule has 0 atom stereocenters. The van der Waals surface area contributed by atoms with Gasteiger partial charge >= 0.3 is 0 Å². The molecule has 7 heteroatoms. The van der Waals surface area contributed by atoms with Crippen molar-refractivity contribution in [2.75, 3.05) is 6.54 Å². The molecule has 3 amide bonds. The van der Waals surface area contributed by atoms with Crippen LogP contribution in [-0.4, -0.2) is 39.1 Å². The van der Waals surface area contributed by atoms with E-state index in [0.717, 1.165) is 11.1 Å². The van der Waals surface area contributed by atoms with E-state index in [1.54, 1.807) is 47.8 Å². The third kappa shape index (κ3) is 4.75. The second-order valence-electron chi connectivity index (χ2n) is 8.36. The van der Waals surface area contributed by atoms with Crippen LogP contribution in [0.25, 0.3) is 0 Å². The molecule has 35 heavy (non-hydrogen) atoms. The molecular formula is C28H23N3O4. The molecule has 174 valence electrons. The van der Waals surface area contributed by atoms with Gasteiger partial charge in [-0.1, -0.05) is 36.4 Å². The standard InChI is InChI=1S/C28H23N3O4/c32-26(30(19-23-9-5-15-35-23)18-21-8-4-13-29-17-21)22-10-11-24-25(16-22)28(34)31(27(24)33)14-12-20-6-2-1-3-7-20/h1-11,13,15-17H,12,14,18-19H2. The van der Waals surface area contributed by atoms with Gasteiger partial charge in [-0.15, -0.1) is 0 Å². The van der Waals surface area contributed by atoms with E-state index in [0.29, 0.717) is 29.9 Å². The molecule has 2 aromatic heterocycles. The average Bonchev–Trinajstić information content (AvgIpc) is 3.49. The van der Waals surface area contributed by atoms with Crippen molar-refractivity contribution in [3.05, 3.63) is 125 Å². The minimum absolute atomic E-state index is 0.258. The molecule has 0 aliphatic carbocycles. The molecule has 3 heterocycles. The zero-order valence-electron chi connectivity index (χ0n) is 19.0. The molecule has 1 aliphatic heterocycles. The molecule has 0 N–H and O–H groups in total. The highest BCUT2D eigenvalue weighted by molar-refractivity contribution is 6.22. The molecule has 5 rings (SSSR count). The van der Waals surface area contributed by atoms with Gasteiger partial charge in [-0.2, -0.15) is 0 Å². The van der Waals surface area contributed by atoms with Gasteiger partial charge in [-0.05, 0) is 53.9 Å². The molecule has 0 saturated heterocycles. The summed E-state index contributed by atoms with van der Waals surface area (Å²) >= 11 is 0. The highest BCUT2D eigenvalue weighted by Gasteiger charge is 2.36. The number of hydrogen-bond acceptors (Lipinski definition) is 5. The first kappa shape index (κ1) is 22.3. The fourth-order valence-corrected chi connectivity index (χ4v) is 4.20. The van der Waals surface area contributed by atoms with Crippen molar-refractivity contribution in [2.45, 2.75) is 19.5 Å². The third-order valence-corrected chi connectivity index (χ3v) is 5.99. The largest absolute Gasteiger partial charge is 0.467 e. The van der Waals surface area contributed by atoms with Crippen molar-refractivity contribution in [3.63, 3.8) is 0 Å². The van der Waals surface area contributed by atoms with Crippen molar-refractivity contribution in [1.82, 2.24) is 14.8 Å². The Hall–Kier alpha value is -4.52. The molecule has 1 aliphatic rings. The van der Waals surface area contributed by atoms with Crippen molar-refractivity contribution in [2.24, 2.45) is 0 Å². The van der Waals surface area contributed by atoms with E-state index in [2.05, 4.69) is 4.98 Å². The first-order valence-corrected chi connectivity index (χ1v) is 11.3. The SMILES string of the molecule is O=C(c1ccc2c(c1)C(=O)N(CCc1ccccc1)C2=O)N(Cc1cccnc1)Cc1ccco1. The smallest absolute Gasteiger partial charge is 0.261 e. The molecular weight excluding hydrogens is 442 g/mol. The van der Waals surface area contributed by atoms with Gasteiger partial charge in [-0.25, -0.2) is 0 Å². The van der Waals surface area contributed by atoms with Crippen LogP contribution < -0.4 is 0 Å². The molecule has 2 aromatic carbocycles. The van der Waals surface area contributed by atoms with Crippen LogP contribution in [0.15, 0.2) is 95.9 Å². The van der Waals surface area contributed by atoms with Gasteiger partial charge in [0.1, 0.15) is 5.76 Å². The van der Waals surface area contributed by atoms with Crippen LogP contribution in [0, 0.1) is 0 Å². The zero-order valence-corrected chi connectivity index (χ0v) is 19.0. The average molecular weight is 466 g/mol. The predicted molar refractivity (Wildman–Crippen MR) is 128 cm³/mol. The fourth-order valence-electron chi connectivity index (χ4n) is 4.20. The second kappa shape index (κ2) is 9.77. The summed E-state index contributed by atoms with van der Waals surface area (Å²) in [4.78, 5) is 46.5. The lowest BCUT2D eigenvalue weighted by Crippen LogP contribution is -2.31. The summed E-state index contributed by atoms with van der Waals surface area (Å²) in [5.41, 5.74) is 2.83. The summed E-state index contributed by atoms with van der Waals surface area (Å²) in [5, 5.41) is 0. The minimum Gasteiger partial charge on any atom is -0.467 e. The van der Waals surface area contributed by atoms with E-state index in [-0.39, 0.29) is 36.4 Å². The maximum absolute atomic E-state index is 13.5. The molecule has 0 spiro atoms. The second-order valence-corrected chi connectivity index (χ2v) is 8.36. The summed E-state index contributed by atoms with van der Waals surface area (Å²) in [6.07, 6.45) is 5.51. The third-order valence-electron chi connectivity index (χ3n) is 5.99. The number of aromatic nitrogens is 1. The quantitative estimate of drug-likeness (QED) is 0.361. The number of hydrogen-bond donors (Lipinski definition) is 0. The summed E-state index contributed by atoms with van der Waals surface area (Å²) in [7, 11) is 0. The number of rotatable bonds is 8. The lowest BCUT2D eigenvalue weighted by atomic mass is 10.0. The van der Waals surface area contributed by atoms with Crippen LogP contribution in [0.2, 0.25) is 0 Å². The van der Waals surface area contributed by atoms with E-state index < -0.39 is 0 Å². The number of carbonyl (C=O) groups is 3. The predicted octanol–water partition coefficient (Wildman–Crippen LogP) is 4.36. The van der Waals surface area contributed by atoms with Gasteiger partial charge in [0.05, 0.1) is 23.9 Å². The van der Waals surface area contributed by atoms with Crippen LogP contribution in [0.4, 0.5) is 0 Å². The summed E-state index contributed by atoms with van der Waals surface area (Å²) in [5.74, 6) is -0.332. The fraction of sp³-hybridized carbons (Fsp3) is 0.143. The van der Waals surface area contributed by atoms with Crippen LogP contribution in [0.3, 0.4) is 0 Å². The molecule has 7 nitrogen and oxygen atoms in total. The molecule has 0 saturated carbocycles. The Balaban J connectivity index is 1.37. The number of carbonyl (C=O) groups excluding carboxylic acids is 3. The van der Waals surface area contributed by atoms with Gasteiger partial charge in [0.15, 0.2) is 0 Å². The van der Waals surface area contributed by atoms with E-state index in [9.17, 15) is 14.4 Å². The first-order valence-electron chi connectivity index (χ1n) is 11.3. The number of amides is 3. The Morgan fingerprint density at radius 1 is 0.857 bits per heavy atom. The number of benzene rings is 2. The molecule has 0 unspecified atom stereocenters. The van der Waals surface area contributed by atoms with Crippen LogP contribution in [0.5, 0.6) is 0 Å². The van der Waals surface area contributed by atoms with Crippen molar-refractivity contribution in [1.29, 1.82) is 0 Å². The van der Waals surface area contributed by atoms with Crippen molar-refractivity contribution < 1.29 is 18.8 Å². The minimum atomic E-state index is -0.375. The van der Waals surface area contributed by atoms with E-state index >= 15 is 0 Å². The molecule has 0 fully saturated rings. The number of pyridine rings is 1. The van der Waals surface area contributed by atoms with Gasteiger partial charge < -0.3 is 9.32 Å². The lowest BCUT2D eigenvalue weighted by molar-refractivity contribution is 0.0655. The van der Waals surface area contributed by atoms with Gasteiger partial charge in [0, 0.05) is 31.0 Å². The highest BCUT2D eigenvalue weighted by atomic mass is 16.3.